The van der Waals surface area contributed by atoms with E-state index in [-0.39, 0.29) is 18.9 Å². The smallest absolute Gasteiger partial charge is 0.244 e. The van der Waals surface area contributed by atoms with Crippen LogP contribution >= 0.6 is 22.9 Å². The first-order valence-electron chi connectivity index (χ1n) is 2.92. The minimum Gasteiger partial charge on any atom is -0.244 e. The number of thiophene rings is 1. The van der Waals surface area contributed by atoms with E-state index in [0.717, 1.165) is 15.1 Å². The maximum atomic E-state index is 5.86. The molecular weight excluding hydrogens is 171 g/mol. The SMILES string of the molecule is Clc1s[c-]c2ccccc12.[Li+]. The summed E-state index contributed by atoms with van der Waals surface area (Å²) in [5.74, 6) is 0. The van der Waals surface area contributed by atoms with Crippen molar-refractivity contribution < 1.29 is 18.9 Å². The van der Waals surface area contributed by atoms with E-state index in [2.05, 4.69) is 5.38 Å². The van der Waals surface area contributed by atoms with Gasteiger partial charge < -0.3 is 0 Å². The van der Waals surface area contributed by atoms with Crippen molar-refractivity contribution in [3.63, 3.8) is 0 Å². The fourth-order valence-electron chi connectivity index (χ4n) is 0.898. The zero-order valence-corrected chi connectivity index (χ0v) is 7.67. The Balaban J connectivity index is 0.000000605. The molecule has 0 aliphatic carbocycles. The second-order valence-electron chi connectivity index (χ2n) is 2.02. The van der Waals surface area contributed by atoms with Crippen LogP contribution in [0.25, 0.3) is 10.8 Å². The van der Waals surface area contributed by atoms with Gasteiger partial charge in [-0.2, -0.15) is 0 Å². The molecule has 0 spiro atoms. The van der Waals surface area contributed by atoms with Crippen LogP contribution in [-0.2, 0) is 0 Å². The molecule has 0 aliphatic heterocycles. The molecule has 0 fully saturated rings. The van der Waals surface area contributed by atoms with Crippen molar-refractivity contribution in [3.05, 3.63) is 34.0 Å². The molecule has 0 unspecified atom stereocenters. The number of rotatable bonds is 0. The van der Waals surface area contributed by atoms with Gasteiger partial charge in [0.2, 0.25) is 0 Å². The van der Waals surface area contributed by atoms with E-state index in [0.29, 0.717) is 0 Å². The first-order chi connectivity index (χ1) is 4.88. The maximum Gasteiger partial charge on any atom is 1.00 e. The number of hydrogen-bond donors (Lipinski definition) is 0. The molecule has 0 aliphatic rings. The normalized spacial score (nSPS) is 9.55. The first-order valence-corrected chi connectivity index (χ1v) is 4.12. The van der Waals surface area contributed by atoms with Crippen LogP contribution in [0.4, 0.5) is 0 Å². The zero-order valence-electron chi connectivity index (χ0n) is 6.10. The molecule has 0 amide bonds. The number of benzene rings is 1. The zero-order chi connectivity index (χ0) is 6.97. The van der Waals surface area contributed by atoms with E-state index in [1.54, 1.807) is 0 Å². The Labute approximate surface area is 86.4 Å². The van der Waals surface area contributed by atoms with Gasteiger partial charge in [0.1, 0.15) is 0 Å². The van der Waals surface area contributed by atoms with Crippen molar-refractivity contribution in [2.24, 2.45) is 0 Å². The minimum atomic E-state index is 0. The molecule has 0 bridgehead atoms. The maximum absolute atomic E-state index is 5.86. The summed E-state index contributed by atoms with van der Waals surface area (Å²) in [6, 6.07) is 7.99. The van der Waals surface area contributed by atoms with E-state index in [4.69, 9.17) is 11.6 Å². The molecule has 0 saturated carbocycles. The Morgan fingerprint density at radius 1 is 1.27 bits per heavy atom. The monoisotopic (exact) mass is 174 g/mol. The van der Waals surface area contributed by atoms with Gasteiger partial charge >= 0.3 is 18.9 Å². The van der Waals surface area contributed by atoms with Gasteiger partial charge in [-0.05, 0) is 4.34 Å². The number of fused-ring (bicyclic) bond motifs is 1. The Morgan fingerprint density at radius 2 is 2.00 bits per heavy atom. The van der Waals surface area contributed by atoms with Crippen molar-refractivity contribution >= 4 is 33.7 Å². The summed E-state index contributed by atoms with van der Waals surface area (Å²) < 4.78 is 0.829. The van der Waals surface area contributed by atoms with E-state index >= 15 is 0 Å². The summed E-state index contributed by atoms with van der Waals surface area (Å²) in [5.41, 5.74) is 0. The molecule has 1 heterocycles. The third-order valence-electron chi connectivity index (χ3n) is 1.39. The fraction of sp³-hybridized carbons (Fsp3) is 0. The number of hydrogen-bond acceptors (Lipinski definition) is 1. The molecule has 0 radical (unpaired) electrons. The summed E-state index contributed by atoms with van der Waals surface area (Å²) in [4.78, 5) is 0. The Bertz CT molecular complexity index is 356. The van der Waals surface area contributed by atoms with E-state index < -0.39 is 0 Å². The van der Waals surface area contributed by atoms with Gasteiger partial charge in [-0.15, -0.1) is 40.6 Å². The van der Waals surface area contributed by atoms with E-state index in [1.165, 1.54) is 11.3 Å². The molecule has 11 heavy (non-hydrogen) atoms. The predicted octanol–water partition coefficient (Wildman–Crippen LogP) is 0.359. The summed E-state index contributed by atoms with van der Waals surface area (Å²) in [6.45, 7) is 0. The summed E-state index contributed by atoms with van der Waals surface area (Å²) >= 11 is 7.32. The van der Waals surface area contributed by atoms with Crippen LogP contribution in [0.3, 0.4) is 0 Å². The van der Waals surface area contributed by atoms with Crippen molar-refractivity contribution in [2.45, 2.75) is 0 Å². The molecule has 0 nitrogen and oxygen atoms in total. The van der Waals surface area contributed by atoms with Crippen LogP contribution in [0.5, 0.6) is 0 Å². The molecule has 1 aromatic heterocycles. The molecule has 3 heteroatoms. The van der Waals surface area contributed by atoms with Gasteiger partial charge in [-0.3, -0.25) is 0 Å². The van der Waals surface area contributed by atoms with Gasteiger partial charge in [0.05, 0.1) is 0 Å². The Hall–Kier alpha value is 0.0674. The predicted molar refractivity (Wildman–Crippen MR) is 45.7 cm³/mol. The standard InChI is InChI=1S/C8H4ClS.Li/c9-8-7-4-2-1-3-6(7)5-10-8;/h1-4H;/q-1;+1. The largest absolute Gasteiger partial charge is 1.00 e. The average Bonchev–Trinajstić information content (AvgIpc) is 2.34. The second kappa shape index (κ2) is 3.65. The van der Waals surface area contributed by atoms with Crippen LogP contribution in [0.2, 0.25) is 4.34 Å². The van der Waals surface area contributed by atoms with Crippen LogP contribution in [0.15, 0.2) is 24.3 Å². The molecule has 1 aromatic carbocycles. The van der Waals surface area contributed by atoms with Crippen molar-refractivity contribution in [3.8, 4) is 0 Å². The topological polar surface area (TPSA) is 0 Å². The third kappa shape index (κ3) is 1.63. The summed E-state index contributed by atoms with van der Waals surface area (Å²) in [5, 5.41) is 5.31. The molecule has 0 saturated heterocycles. The van der Waals surface area contributed by atoms with Crippen molar-refractivity contribution in [1.29, 1.82) is 0 Å². The van der Waals surface area contributed by atoms with Crippen molar-refractivity contribution in [2.75, 3.05) is 0 Å². The van der Waals surface area contributed by atoms with Crippen LogP contribution in [0.1, 0.15) is 0 Å². The minimum absolute atomic E-state index is 0. The third-order valence-corrected chi connectivity index (χ3v) is 2.55. The van der Waals surface area contributed by atoms with E-state index in [9.17, 15) is 0 Å². The van der Waals surface area contributed by atoms with Gasteiger partial charge in [-0.25, -0.2) is 11.3 Å². The van der Waals surface area contributed by atoms with Gasteiger partial charge in [0.15, 0.2) is 0 Å². The molecule has 50 valence electrons. The molecule has 0 N–H and O–H groups in total. The quantitative estimate of drug-likeness (QED) is 0.400. The molecule has 2 rings (SSSR count). The summed E-state index contributed by atoms with van der Waals surface area (Å²) in [7, 11) is 0. The number of halogens is 1. The first kappa shape index (κ1) is 9.16. The molecule has 2 aromatic rings. The van der Waals surface area contributed by atoms with Crippen LogP contribution in [-0.4, -0.2) is 0 Å². The average molecular weight is 175 g/mol. The molecular formula is C8H4ClLiS. The van der Waals surface area contributed by atoms with Gasteiger partial charge in [0, 0.05) is 0 Å². The van der Waals surface area contributed by atoms with Crippen LogP contribution < -0.4 is 18.9 Å². The van der Waals surface area contributed by atoms with Gasteiger partial charge in [0.25, 0.3) is 0 Å². The van der Waals surface area contributed by atoms with Gasteiger partial charge in [-0.1, -0.05) is 11.4 Å². The van der Waals surface area contributed by atoms with Crippen LogP contribution in [0, 0.1) is 5.38 Å². The Kier molecular flexibility index (Phi) is 3.04. The summed E-state index contributed by atoms with van der Waals surface area (Å²) in [6.07, 6.45) is 0. The van der Waals surface area contributed by atoms with Crippen molar-refractivity contribution in [1.82, 2.24) is 0 Å². The van der Waals surface area contributed by atoms with E-state index in [1.807, 2.05) is 24.3 Å². The fourth-order valence-corrected chi connectivity index (χ4v) is 1.84. The Morgan fingerprint density at radius 3 is 2.73 bits per heavy atom. The second-order valence-corrected chi connectivity index (χ2v) is 3.44. The molecule has 0 atom stereocenters.